The van der Waals surface area contributed by atoms with Gasteiger partial charge in [-0.25, -0.2) is 0 Å². The molecule has 0 saturated heterocycles. The summed E-state index contributed by atoms with van der Waals surface area (Å²) in [5, 5.41) is 15.3. The largest absolute Gasteiger partial charge is 0.508 e. The lowest BCUT2D eigenvalue weighted by Crippen LogP contribution is -2.69. The molecule has 236 valence electrons. The van der Waals surface area contributed by atoms with Crippen LogP contribution >= 0.6 is 0 Å². The summed E-state index contributed by atoms with van der Waals surface area (Å²) in [6.45, 7) is 17.8. The molecule has 5 heteroatoms. The van der Waals surface area contributed by atoms with Gasteiger partial charge in [-0.15, -0.1) is 0 Å². The summed E-state index contributed by atoms with van der Waals surface area (Å²) in [5.41, 5.74) is 5.73. The van der Waals surface area contributed by atoms with Crippen LogP contribution in [0.3, 0.4) is 0 Å². The molecule has 5 fully saturated rings. The zero-order valence-corrected chi connectivity index (χ0v) is 28.0. The molecule has 1 aromatic carbocycles. The van der Waals surface area contributed by atoms with Gasteiger partial charge in [-0.05, 0) is 140 Å². The van der Waals surface area contributed by atoms with E-state index in [4.69, 9.17) is 9.84 Å². The van der Waals surface area contributed by atoms with Crippen LogP contribution < -0.4 is 5.43 Å². The van der Waals surface area contributed by atoms with Crippen molar-refractivity contribution in [2.75, 3.05) is 7.11 Å². The van der Waals surface area contributed by atoms with E-state index in [0.29, 0.717) is 16.7 Å². The van der Waals surface area contributed by atoms with Crippen LogP contribution in [0.5, 0.6) is 5.75 Å². The van der Waals surface area contributed by atoms with Crippen molar-refractivity contribution in [3.63, 3.8) is 0 Å². The molecule has 2 unspecified atom stereocenters. The number of rotatable bonds is 2. The Morgan fingerprint density at radius 1 is 0.953 bits per heavy atom. The number of carbonyl (C=O) groups is 1. The lowest BCUT2D eigenvalue weighted by Gasteiger charge is -2.73. The number of carbonyl (C=O) groups excluding carboxylic acids is 1. The fraction of sp³-hybridized carbons (Fsp3) is 0.789. The fourth-order valence-electron chi connectivity index (χ4n) is 13.6. The Morgan fingerprint density at radius 2 is 1.72 bits per heavy atom. The van der Waals surface area contributed by atoms with Crippen molar-refractivity contribution >= 4 is 11.7 Å². The van der Waals surface area contributed by atoms with Gasteiger partial charge >= 0.3 is 5.97 Å². The van der Waals surface area contributed by atoms with E-state index in [1.54, 1.807) is 13.2 Å². The van der Waals surface area contributed by atoms with Gasteiger partial charge in [0.2, 0.25) is 0 Å². The molecule has 1 aliphatic heterocycles. The van der Waals surface area contributed by atoms with Crippen molar-refractivity contribution in [3.8, 4) is 5.75 Å². The second-order valence-electron chi connectivity index (χ2n) is 17.4. The van der Waals surface area contributed by atoms with Crippen molar-refractivity contribution in [3.05, 3.63) is 29.8 Å². The third kappa shape index (κ3) is 3.69. The summed E-state index contributed by atoms with van der Waals surface area (Å²) in [5.74, 6) is 4.20. The number of hydrazone groups is 1. The van der Waals surface area contributed by atoms with Gasteiger partial charge < -0.3 is 15.3 Å². The number of phenolic OH excluding ortho intramolecular Hbond substituents is 1. The first kappa shape index (κ1) is 29.7. The van der Waals surface area contributed by atoms with Crippen molar-refractivity contribution in [2.24, 2.45) is 73.6 Å². The van der Waals surface area contributed by atoms with Gasteiger partial charge in [0.15, 0.2) is 0 Å². The zero-order valence-electron chi connectivity index (χ0n) is 28.0. The molecule has 13 atom stereocenters. The highest BCUT2D eigenvalue weighted by Gasteiger charge is 2.73. The predicted octanol–water partition coefficient (Wildman–Crippen LogP) is 8.53. The Hall–Kier alpha value is -2.04. The molecule has 43 heavy (non-hydrogen) atoms. The van der Waals surface area contributed by atoms with E-state index in [1.165, 1.54) is 44.9 Å². The summed E-state index contributed by atoms with van der Waals surface area (Å²) in [6, 6.07) is 7.54. The molecule has 2 N–H and O–H groups in total. The van der Waals surface area contributed by atoms with E-state index in [-0.39, 0.29) is 40.4 Å². The second kappa shape index (κ2) is 9.49. The van der Waals surface area contributed by atoms with E-state index in [2.05, 4.69) is 60.0 Å². The third-order valence-corrected chi connectivity index (χ3v) is 16.1. The van der Waals surface area contributed by atoms with Crippen LogP contribution in [-0.4, -0.2) is 23.9 Å². The van der Waals surface area contributed by atoms with E-state index >= 15 is 0 Å². The summed E-state index contributed by atoms with van der Waals surface area (Å²) in [7, 11) is 1.55. The van der Waals surface area contributed by atoms with E-state index in [9.17, 15) is 9.90 Å². The Labute approximate surface area is 260 Å². The molecule has 0 radical (unpaired) electrons. The molecule has 5 nitrogen and oxygen atoms in total. The quantitative estimate of drug-likeness (QED) is 0.340. The molecule has 1 heterocycles. The Kier molecular flexibility index (Phi) is 6.54. The van der Waals surface area contributed by atoms with Gasteiger partial charge in [-0.3, -0.25) is 4.79 Å². The van der Waals surface area contributed by atoms with E-state index < -0.39 is 5.41 Å². The number of nitrogens with one attached hydrogen (secondary N) is 1. The average molecular weight is 589 g/mol. The molecule has 5 saturated carbocycles. The predicted molar refractivity (Wildman–Crippen MR) is 171 cm³/mol. The van der Waals surface area contributed by atoms with Crippen LogP contribution in [-0.2, 0) is 9.53 Å². The van der Waals surface area contributed by atoms with Crippen LogP contribution in [0, 0.1) is 68.5 Å². The molecule has 0 amide bonds. The highest BCUT2D eigenvalue weighted by atomic mass is 16.5. The number of hydrogen-bond donors (Lipinski definition) is 2. The summed E-state index contributed by atoms with van der Waals surface area (Å²) in [6.07, 6.45) is 11.4. The highest BCUT2D eigenvalue weighted by Crippen LogP contribution is 2.77. The Morgan fingerprint density at radius 3 is 2.44 bits per heavy atom. The number of methoxy groups -OCH3 is 1. The molecule has 6 aliphatic rings. The monoisotopic (exact) mass is 588 g/mol. The summed E-state index contributed by atoms with van der Waals surface area (Å²) < 4.78 is 5.63. The molecular weight excluding hydrogens is 532 g/mol. The summed E-state index contributed by atoms with van der Waals surface area (Å²) >= 11 is 0. The molecule has 0 bridgehead atoms. The van der Waals surface area contributed by atoms with Crippen LogP contribution in [0.1, 0.15) is 118 Å². The Bertz CT molecular complexity index is 1340. The standard InChI is InChI=1S/C38H56N2O3/c1-22-14-16-34(3)18-19-36(5)27(30(34)23(22)2)12-13-28-35(4)21-26-31(24-10-9-11-25(41)20-24)39-40-32(26)38(7,33(42)43-8)29(35)15-17-37(28,36)6/h9-11,20,22-23,26-31,39,41H,12-19,21H2,1-8H3/t22-,23+,26?,27-,28-,29-,30+,31?,34-,35-,36-,37-,38-/m1/s1. The topological polar surface area (TPSA) is 70.9 Å². The number of nitrogens with zero attached hydrogens (tertiary/aromatic N) is 1. The minimum atomic E-state index is -0.761. The average Bonchev–Trinajstić information content (AvgIpc) is 3.39. The number of aromatic hydroxyl groups is 1. The first-order valence-electron chi connectivity index (χ1n) is 17.5. The lowest BCUT2D eigenvalue weighted by atomic mass is 9.30. The fourth-order valence-corrected chi connectivity index (χ4v) is 13.6. The Balaban J connectivity index is 1.31. The smallest absolute Gasteiger partial charge is 0.317 e. The SMILES string of the molecule is COC(=O)[C@@]1(C)C2=NNC(c3cccc(O)c3)C2C[C@]2(C)[C@H]3CC[C@@H]4[C@@H]5[C@@H](C)[C@H](C)CC[C@]5(C)CC[C@@]4(C)[C@]3(C)CC[C@@H]12. The van der Waals surface area contributed by atoms with Gasteiger partial charge in [-0.2, -0.15) is 5.10 Å². The lowest BCUT2D eigenvalue weighted by molar-refractivity contribution is -0.243. The minimum Gasteiger partial charge on any atom is -0.508 e. The highest BCUT2D eigenvalue weighted by molar-refractivity contribution is 6.09. The number of esters is 1. The van der Waals surface area contributed by atoms with Gasteiger partial charge in [0, 0.05) is 5.92 Å². The number of benzene rings is 1. The van der Waals surface area contributed by atoms with E-state index in [0.717, 1.165) is 47.8 Å². The van der Waals surface area contributed by atoms with Gasteiger partial charge in [0.05, 0.1) is 18.9 Å². The van der Waals surface area contributed by atoms with Gasteiger partial charge in [-0.1, -0.05) is 53.7 Å². The molecule has 7 rings (SSSR count). The maximum Gasteiger partial charge on any atom is 0.317 e. The molecule has 0 aromatic heterocycles. The number of fused-ring (bicyclic) bond motifs is 8. The summed E-state index contributed by atoms with van der Waals surface area (Å²) in [4.78, 5) is 13.9. The van der Waals surface area contributed by atoms with E-state index in [1.807, 2.05) is 12.1 Å². The van der Waals surface area contributed by atoms with Crippen molar-refractivity contribution in [2.45, 2.75) is 112 Å². The molecule has 0 spiro atoms. The van der Waals surface area contributed by atoms with Crippen molar-refractivity contribution in [1.29, 1.82) is 0 Å². The van der Waals surface area contributed by atoms with Crippen molar-refractivity contribution < 1.29 is 14.6 Å². The molecular formula is C38H56N2O3. The second-order valence-corrected chi connectivity index (χ2v) is 17.4. The van der Waals surface area contributed by atoms with Crippen molar-refractivity contribution in [1.82, 2.24) is 5.43 Å². The zero-order chi connectivity index (χ0) is 30.7. The molecule has 1 aromatic rings. The third-order valence-electron chi connectivity index (χ3n) is 16.1. The van der Waals surface area contributed by atoms with Crippen LogP contribution in [0.2, 0.25) is 0 Å². The van der Waals surface area contributed by atoms with Crippen LogP contribution in [0.15, 0.2) is 29.4 Å². The number of hydrogen-bond acceptors (Lipinski definition) is 5. The van der Waals surface area contributed by atoms with Gasteiger partial charge in [0.1, 0.15) is 11.2 Å². The minimum absolute atomic E-state index is 0.0130. The maximum atomic E-state index is 13.9. The van der Waals surface area contributed by atoms with Gasteiger partial charge in [0.25, 0.3) is 0 Å². The van der Waals surface area contributed by atoms with Crippen LogP contribution in [0.25, 0.3) is 0 Å². The first-order valence-corrected chi connectivity index (χ1v) is 17.5. The number of ether oxygens (including phenoxy) is 1. The maximum absolute atomic E-state index is 13.9. The first-order chi connectivity index (χ1) is 20.2. The number of phenols is 1. The van der Waals surface area contributed by atoms with Crippen LogP contribution in [0.4, 0.5) is 0 Å². The normalized spacial score (nSPS) is 51.9. The molecule has 5 aliphatic carbocycles.